The minimum absolute atomic E-state index is 0.0877. The molecule has 1 atom stereocenters. The van der Waals surface area contributed by atoms with Gasteiger partial charge in [-0.1, -0.05) is 0 Å². The highest BCUT2D eigenvalue weighted by atomic mass is 32.2. The summed E-state index contributed by atoms with van der Waals surface area (Å²) in [6.07, 6.45) is 7.67. The van der Waals surface area contributed by atoms with Crippen LogP contribution in [0, 0.1) is 0 Å². The Morgan fingerprint density at radius 2 is 1.96 bits per heavy atom. The third-order valence-corrected chi connectivity index (χ3v) is 7.75. The van der Waals surface area contributed by atoms with Gasteiger partial charge in [-0.25, -0.2) is 12.7 Å². The Balaban J connectivity index is 1.29. The van der Waals surface area contributed by atoms with Gasteiger partial charge in [-0.3, -0.25) is 4.98 Å². The zero-order chi connectivity index (χ0) is 16.6. The third kappa shape index (κ3) is 3.35. The average molecular weight is 352 g/mol. The lowest BCUT2D eigenvalue weighted by Crippen LogP contribution is -2.47. The van der Waals surface area contributed by atoms with Gasteiger partial charge in [-0.05, 0) is 43.4 Å². The highest BCUT2D eigenvalue weighted by molar-refractivity contribution is 7.90. The molecule has 1 saturated carbocycles. The monoisotopic (exact) mass is 352 g/mol. The Hall–Kier alpha value is -1.02. The molecule has 2 saturated heterocycles. The fraction of sp³-hybridized carbons (Fsp3) is 0.706. The van der Waals surface area contributed by atoms with Crippen LogP contribution in [0.25, 0.3) is 0 Å². The summed E-state index contributed by atoms with van der Waals surface area (Å²) in [6, 6.07) is 3.90. The van der Waals surface area contributed by atoms with E-state index in [4.69, 9.17) is 9.47 Å². The van der Waals surface area contributed by atoms with Crippen molar-refractivity contribution in [3.05, 3.63) is 30.1 Å². The van der Waals surface area contributed by atoms with Gasteiger partial charge in [0.2, 0.25) is 10.0 Å². The first-order valence-electron chi connectivity index (χ1n) is 8.71. The Morgan fingerprint density at radius 1 is 1.25 bits per heavy atom. The van der Waals surface area contributed by atoms with Crippen LogP contribution in [0.5, 0.6) is 0 Å². The van der Waals surface area contributed by atoms with Crippen molar-refractivity contribution < 1.29 is 17.9 Å². The number of hydrogen-bond acceptors (Lipinski definition) is 5. The zero-order valence-corrected chi connectivity index (χ0v) is 14.6. The second kappa shape index (κ2) is 6.37. The smallest absolute Gasteiger partial charge is 0.216 e. The van der Waals surface area contributed by atoms with E-state index in [2.05, 4.69) is 4.98 Å². The largest absolute Gasteiger partial charge is 0.372 e. The summed E-state index contributed by atoms with van der Waals surface area (Å²) in [7, 11) is -3.05. The van der Waals surface area contributed by atoms with E-state index in [1.165, 1.54) is 0 Å². The van der Waals surface area contributed by atoms with Gasteiger partial charge in [-0.2, -0.15) is 0 Å². The molecule has 1 aromatic rings. The van der Waals surface area contributed by atoms with Gasteiger partial charge in [0.05, 0.1) is 30.2 Å². The molecule has 3 fully saturated rings. The van der Waals surface area contributed by atoms with Crippen LogP contribution in [-0.2, 0) is 26.1 Å². The van der Waals surface area contributed by atoms with Crippen molar-refractivity contribution in [2.75, 3.05) is 19.7 Å². The molecule has 4 rings (SSSR count). The Labute approximate surface area is 143 Å². The van der Waals surface area contributed by atoms with Crippen LogP contribution < -0.4 is 0 Å². The topological polar surface area (TPSA) is 68.7 Å². The second-order valence-electron chi connectivity index (χ2n) is 7.13. The molecule has 1 aliphatic carbocycles. The van der Waals surface area contributed by atoms with Crippen LogP contribution in [0.15, 0.2) is 24.5 Å². The van der Waals surface area contributed by atoms with Crippen LogP contribution in [0.2, 0.25) is 0 Å². The summed E-state index contributed by atoms with van der Waals surface area (Å²) >= 11 is 0. The van der Waals surface area contributed by atoms with E-state index in [1.807, 2.05) is 12.1 Å². The van der Waals surface area contributed by atoms with Crippen molar-refractivity contribution in [1.29, 1.82) is 0 Å². The number of ether oxygens (including phenoxy) is 2. The van der Waals surface area contributed by atoms with Gasteiger partial charge in [0.15, 0.2) is 0 Å². The van der Waals surface area contributed by atoms with Crippen LogP contribution in [0.3, 0.4) is 0 Å². The minimum Gasteiger partial charge on any atom is -0.372 e. The normalized spacial score (nSPS) is 27.6. The maximum atomic E-state index is 12.3. The first kappa shape index (κ1) is 16.4. The summed E-state index contributed by atoms with van der Waals surface area (Å²) in [6.45, 7) is 2.32. The molecule has 0 bridgehead atoms. The van der Waals surface area contributed by atoms with Gasteiger partial charge in [-0.15, -0.1) is 0 Å². The molecule has 132 valence electrons. The number of rotatable bonds is 5. The van der Waals surface area contributed by atoms with E-state index in [1.54, 1.807) is 16.7 Å². The summed E-state index contributed by atoms with van der Waals surface area (Å²) in [5, 5.41) is -0.118. The molecule has 6 nitrogen and oxygen atoms in total. The van der Waals surface area contributed by atoms with Crippen LogP contribution >= 0.6 is 0 Å². The maximum absolute atomic E-state index is 12.3. The van der Waals surface area contributed by atoms with Gasteiger partial charge in [0, 0.05) is 31.9 Å². The van der Waals surface area contributed by atoms with E-state index in [-0.39, 0.29) is 17.0 Å². The molecule has 0 N–H and O–H groups in total. The summed E-state index contributed by atoms with van der Waals surface area (Å²) in [4.78, 5) is 4.00. The van der Waals surface area contributed by atoms with Crippen molar-refractivity contribution in [2.45, 2.75) is 55.7 Å². The Morgan fingerprint density at radius 3 is 2.62 bits per heavy atom. The lowest BCUT2D eigenvalue weighted by Gasteiger charge is -2.38. The Bertz CT molecular complexity index is 667. The number of pyridine rings is 1. The first-order chi connectivity index (χ1) is 11.6. The SMILES string of the molecule is O=S(=O)(C1CC1)N1CCC2(CC1)C[C@@H](OCc1ccncc1)CO2. The van der Waals surface area contributed by atoms with Crippen molar-refractivity contribution in [3.63, 3.8) is 0 Å². The maximum Gasteiger partial charge on any atom is 0.216 e. The number of aromatic nitrogens is 1. The van der Waals surface area contributed by atoms with Crippen LogP contribution in [0.1, 0.15) is 37.7 Å². The van der Waals surface area contributed by atoms with Crippen molar-refractivity contribution in [2.24, 2.45) is 0 Å². The van der Waals surface area contributed by atoms with E-state index < -0.39 is 10.0 Å². The fourth-order valence-electron chi connectivity index (χ4n) is 3.68. The predicted molar refractivity (Wildman–Crippen MR) is 88.9 cm³/mol. The second-order valence-corrected chi connectivity index (χ2v) is 9.34. The summed E-state index contributed by atoms with van der Waals surface area (Å²) < 4.78 is 38.4. The summed E-state index contributed by atoms with van der Waals surface area (Å²) in [5.74, 6) is 0. The summed E-state index contributed by atoms with van der Waals surface area (Å²) in [5.41, 5.74) is 0.912. The molecule has 0 aromatic carbocycles. The van der Waals surface area contributed by atoms with Gasteiger partial charge in [0.25, 0.3) is 0 Å². The highest BCUT2D eigenvalue weighted by Gasteiger charge is 2.47. The van der Waals surface area contributed by atoms with Crippen molar-refractivity contribution >= 4 is 10.0 Å². The zero-order valence-electron chi connectivity index (χ0n) is 13.8. The van der Waals surface area contributed by atoms with E-state index in [0.717, 1.165) is 37.7 Å². The van der Waals surface area contributed by atoms with E-state index >= 15 is 0 Å². The molecular formula is C17H24N2O4S. The van der Waals surface area contributed by atoms with Gasteiger partial charge < -0.3 is 9.47 Å². The lowest BCUT2D eigenvalue weighted by molar-refractivity contribution is -0.0343. The lowest BCUT2D eigenvalue weighted by atomic mass is 9.89. The molecule has 1 spiro atoms. The molecule has 2 aliphatic heterocycles. The first-order valence-corrected chi connectivity index (χ1v) is 10.2. The highest BCUT2D eigenvalue weighted by Crippen LogP contribution is 2.40. The number of sulfonamides is 1. The number of piperidine rings is 1. The molecule has 0 radical (unpaired) electrons. The molecular weight excluding hydrogens is 328 g/mol. The quantitative estimate of drug-likeness (QED) is 0.807. The van der Waals surface area contributed by atoms with Crippen molar-refractivity contribution in [3.8, 4) is 0 Å². The molecule has 3 heterocycles. The number of hydrogen-bond donors (Lipinski definition) is 0. The fourth-order valence-corrected chi connectivity index (χ4v) is 5.52. The average Bonchev–Trinajstić information content (AvgIpc) is 3.39. The van der Waals surface area contributed by atoms with Crippen molar-refractivity contribution in [1.82, 2.24) is 9.29 Å². The molecule has 0 unspecified atom stereocenters. The molecule has 24 heavy (non-hydrogen) atoms. The predicted octanol–water partition coefficient (Wildman–Crippen LogP) is 1.71. The van der Waals surface area contributed by atoms with E-state index in [0.29, 0.717) is 26.3 Å². The molecule has 7 heteroatoms. The molecule has 3 aliphatic rings. The molecule has 1 aromatic heterocycles. The van der Waals surface area contributed by atoms with Gasteiger partial charge in [0.1, 0.15) is 0 Å². The Kier molecular flexibility index (Phi) is 4.36. The molecule has 0 amide bonds. The van der Waals surface area contributed by atoms with Gasteiger partial charge >= 0.3 is 0 Å². The number of nitrogens with zero attached hydrogens (tertiary/aromatic N) is 2. The van der Waals surface area contributed by atoms with E-state index in [9.17, 15) is 8.42 Å². The van der Waals surface area contributed by atoms with Crippen LogP contribution in [0.4, 0.5) is 0 Å². The van der Waals surface area contributed by atoms with Crippen LogP contribution in [-0.4, -0.2) is 54.4 Å². The third-order valence-electron chi connectivity index (χ3n) is 5.35. The minimum atomic E-state index is -3.05. The standard InChI is InChI=1S/C17H24N2O4S/c20-24(21,16-1-2-16)19-9-5-17(6-10-19)11-15(13-23-17)22-12-14-3-7-18-8-4-14/h3-4,7-8,15-16H,1-2,5-6,9-13H2/t15-/m1/s1.